The monoisotopic (exact) mass is 452 g/mol. The predicted molar refractivity (Wildman–Crippen MR) is 125 cm³/mol. The number of amides is 1. The van der Waals surface area contributed by atoms with E-state index in [1.54, 1.807) is 12.4 Å². The molecular weight excluding hydrogens is 424 g/mol. The van der Waals surface area contributed by atoms with E-state index in [-0.39, 0.29) is 5.91 Å². The van der Waals surface area contributed by atoms with Crippen molar-refractivity contribution in [3.63, 3.8) is 0 Å². The van der Waals surface area contributed by atoms with Crippen LogP contribution in [0.15, 0.2) is 53.9 Å². The predicted octanol–water partition coefficient (Wildman–Crippen LogP) is 2.98. The van der Waals surface area contributed by atoms with E-state index < -0.39 is 0 Å². The van der Waals surface area contributed by atoms with Gasteiger partial charge in [0.15, 0.2) is 11.0 Å². The molecule has 32 heavy (non-hydrogen) atoms. The summed E-state index contributed by atoms with van der Waals surface area (Å²) in [7, 11) is 0. The number of carbonyl (C=O) groups is 1. The van der Waals surface area contributed by atoms with Gasteiger partial charge in [-0.1, -0.05) is 18.7 Å². The van der Waals surface area contributed by atoms with Crippen molar-refractivity contribution in [3.05, 3.63) is 48.8 Å². The molecule has 1 aliphatic rings. The third-order valence-corrected chi connectivity index (χ3v) is 6.37. The molecule has 3 aromatic rings. The number of rotatable bonds is 8. The Morgan fingerprint density at radius 2 is 1.84 bits per heavy atom. The number of hydrogen-bond acceptors (Lipinski definition) is 7. The van der Waals surface area contributed by atoms with Gasteiger partial charge in [0.05, 0.1) is 12.4 Å². The molecular formula is C23H28N6O2S. The molecule has 0 unspecified atom stereocenters. The third-order valence-electron chi connectivity index (χ3n) is 5.46. The normalized spacial score (nSPS) is 14.5. The van der Waals surface area contributed by atoms with Crippen molar-refractivity contribution < 1.29 is 9.53 Å². The lowest BCUT2D eigenvalue weighted by Crippen LogP contribution is -2.49. The second kappa shape index (κ2) is 10.6. The number of ether oxygens (including phenoxy) is 1. The van der Waals surface area contributed by atoms with Crippen molar-refractivity contribution in [2.75, 3.05) is 45.1 Å². The summed E-state index contributed by atoms with van der Waals surface area (Å²) in [6, 6.07) is 11.6. The molecule has 0 saturated carbocycles. The van der Waals surface area contributed by atoms with Gasteiger partial charge in [0.2, 0.25) is 5.91 Å². The summed E-state index contributed by atoms with van der Waals surface area (Å²) in [5.41, 5.74) is 1.77. The molecule has 0 N–H and O–H groups in total. The molecule has 0 aliphatic carbocycles. The second-order valence-corrected chi connectivity index (χ2v) is 8.36. The fourth-order valence-corrected chi connectivity index (χ4v) is 4.52. The summed E-state index contributed by atoms with van der Waals surface area (Å²) in [4.78, 5) is 21.3. The van der Waals surface area contributed by atoms with Gasteiger partial charge in [0.1, 0.15) is 5.75 Å². The van der Waals surface area contributed by atoms with Crippen LogP contribution < -0.4 is 4.74 Å². The molecule has 0 atom stereocenters. The minimum absolute atomic E-state index is 0.134. The number of likely N-dealkylation sites (N-methyl/N-ethyl adjacent to an activating group) is 1. The molecule has 1 aromatic carbocycles. The van der Waals surface area contributed by atoms with Crippen LogP contribution in [0.5, 0.6) is 5.75 Å². The molecule has 0 spiro atoms. The molecule has 3 heterocycles. The average molecular weight is 453 g/mol. The van der Waals surface area contributed by atoms with Crippen LogP contribution in [0.25, 0.3) is 17.1 Å². The van der Waals surface area contributed by atoms with Crippen molar-refractivity contribution in [2.45, 2.75) is 19.0 Å². The lowest BCUT2D eigenvalue weighted by atomic mass is 10.2. The molecule has 1 amide bonds. The average Bonchev–Trinajstić information content (AvgIpc) is 3.28. The Kier molecular flexibility index (Phi) is 7.39. The fraction of sp³-hybridized carbons (Fsp3) is 0.391. The van der Waals surface area contributed by atoms with Crippen molar-refractivity contribution >= 4 is 17.7 Å². The largest absolute Gasteiger partial charge is 0.494 e. The fourth-order valence-electron chi connectivity index (χ4n) is 3.67. The second-order valence-electron chi connectivity index (χ2n) is 7.41. The van der Waals surface area contributed by atoms with Gasteiger partial charge in [-0.25, -0.2) is 0 Å². The van der Waals surface area contributed by atoms with Gasteiger partial charge in [0.25, 0.3) is 0 Å². The smallest absolute Gasteiger partial charge is 0.233 e. The first kappa shape index (κ1) is 22.3. The SMILES string of the molecule is CCOc1ccc(-n2c(SCC(=O)N3CCN(CC)CC3)nnc2-c2cccnc2)cc1. The first-order valence-corrected chi connectivity index (χ1v) is 11.9. The molecule has 4 rings (SSSR count). The number of piperazine rings is 1. The van der Waals surface area contributed by atoms with E-state index in [4.69, 9.17) is 4.74 Å². The molecule has 168 valence electrons. The van der Waals surface area contributed by atoms with E-state index in [0.717, 1.165) is 49.7 Å². The highest BCUT2D eigenvalue weighted by Gasteiger charge is 2.22. The van der Waals surface area contributed by atoms with Crippen LogP contribution in [0.2, 0.25) is 0 Å². The number of carbonyl (C=O) groups excluding carboxylic acids is 1. The van der Waals surface area contributed by atoms with Gasteiger partial charge in [0, 0.05) is 49.8 Å². The number of aromatic nitrogens is 4. The lowest BCUT2D eigenvalue weighted by Gasteiger charge is -2.34. The Balaban J connectivity index is 1.55. The van der Waals surface area contributed by atoms with E-state index in [2.05, 4.69) is 27.0 Å². The summed E-state index contributed by atoms with van der Waals surface area (Å²) >= 11 is 1.41. The van der Waals surface area contributed by atoms with Gasteiger partial charge in [-0.05, 0) is 49.9 Å². The van der Waals surface area contributed by atoms with Crippen molar-refractivity contribution in [3.8, 4) is 22.8 Å². The molecule has 9 heteroatoms. The maximum atomic E-state index is 12.8. The standard InChI is InChI=1S/C23H28N6O2S/c1-3-27-12-14-28(15-13-27)21(30)17-32-23-26-25-22(18-6-5-11-24-16-18)29(23)19-7-9-20(10-8-19)31-4-2/h5-11,16H,3-4,12-15,17H2,1-2H3. The zero-order chi connectivity index (χ0) is 22.3. The van der Waals surface area contributed by atoms with Crippen LogP contribution in [0.4, 0.5) is 0 Å². The zero-order valence-electron chi connectivity index (χ0n) is 18.5. The van der Waals surface area contributed by atoms with E-state index in [1.807, 2.05) is 52.8 Å². The van der Waals surface area contributed by atoms with Crippen LogP contribution in [-0.2, 0) is 4.79 Å². The summed E-state index contributed by atoms with van der Waals surface area (Å²) < 4.78 is 7.55. The van der Waals surface area contributed by atoms with E-state index in [9.17, 15) is 4.79 Å². The number of nitrogens with zero attached hydrogens (tertiary/aromatic N) is 6. The van der Waals surface area contributed by atoms with Crippen molar-refractivity contribution in [1.82, 2.24) is 29.5 Å². The molecule has 1 fully saturated rings. The van der Waals surface area contributed by atoms with E-state index >= 15 is 0 Å². The Hall–Kier alpha value is -2.91. The minimum Gasteiger partial charge on any atom is -0.494 e. The maximum Gasteiger partial charge on any atom is 0.233 e. The number of pyridine rings is 1. The number of thioether (sulfide) groups is 1. The van der Waals surface area contributed by atoms with Crippen LogP contribution in [-0.4, -0.2) is 80.5 Å². The van der Waals surface area contributed by atoms with Crippen LogP contribution in [0, 0.1) is 0 Å². The van der Waals surface area contributed by atoms with Gasteiger partial charge < -0.3 is 14.5 Å². The summed E-state index contributed by atoms with van der Waals surface area (Å²) in [5, 5.41) is 9.50. The quantitative estimate of drug-likeness (QED) is 0.486. The maximum absolute atomic E-state index is 12.8. The molecule has 0 radical (unpaired) electrons. The Morgan fingerprint density at radius 3 is 2.50 bits per heavy atom. The lowest BCUT2D eigenvalue weighted by molar-refractivity contribution is -0.130. The molecule has 1 aliphatic heterocycles. The van der Waals surface area contributed by atoms with Crippen LogP contribution in [0.1, 0.15) is 13.8 Å². The summed E-state index contributed by atoms with van der Waals surface area (Å²) in [6.45, 7) is 9.17. The first-order valence-electron chi connectivity index (χ1n) is 10.9. The Labute approximate surface area is 192 Å². The van der Waals surface area contributed by atoms with E-state index in [1.165, 1.54) is 11.8 Å². The highest BCUT2D eigenvalue weighted by Crippen LogP contribution is 2.28. The van der Waals surface area contributed by atoms with Crippen LogP contribution >= 0.6 is 11.8 Å². The number of benzene rings is 1. The molecule has 8 nitrogen and oxygen atoms in total. The Bertz CT molecular complexity index is 1020. The van der Waals surface area contributed by atoms with Gasteiger partial charge in [-0.3, -0.25) is 14.3 Å². The number of hydrogen-bond donors (Lipinski definition) is 0. The molecule has 1 saturated heterocycles. The Morgan fingerprint density at radius 1 is 1.06 bits per heavy atom. The molecule has 2 aromatic heterocycles. The summed E-state index contributed by atoms with van der Waals surface area (Å²) in [5.74, 6) is 1.96. The van der Waals surface area contributed by atoms with Gasteiger partial charge in [-0.15, -0.1) is 10.2 Å². The first-order chi connectivity index (χ1) is 15.7. The highest BCUT2D eigenvalue weighted by atomic mass is 32.2. The van der Waals surface area contributed by atoms with Gasteiger partial charge >= 0.3 is 0 Å². The third kappa shape index (κ3) is 5.11. The molecule has 0 bridgehead atoms. The van der Waals surface area contributed by atoms with E-state index in [0.29, 0.717) is 23.3 Å². The zero-order valence-corrected chi connectivity index (χ0v) is 19.3. The van der Waals surface area contributed by atoms with Crippen molar-refractivity contribution in [2.24, 2.45) is 0 Å². The van der Waals surface area contributed by atoms with Crippen molar-refractivity contribution in [1.29, 1.82) is 0 Å². The minimum atomic E-state index is 0.134. The van der Waals surface area contributed by atoms with Crippen LogP contribution in [0.3, 0.4) is 0 Å². The summed E-state index contributed by atoms with van der Waals surface area (Å²) in [6.07, 6.45) is 3.50. The topological polar surface area (TPSA) is 76.4 Å². The highest BCUT2D eigenvalue weighted by molar-refractivity contribution is 7.99. The van der Waals surface area contributed by atoms with Gasteiger partial charge in [-0.2, -0.15) is 0 Å².